The molecule has 12 heteroatoms. The van der Waals surface area contributed by atoms with Crippen LogP contribution in [0.25, 0.3) is 116 Å². The molecule has 0 amide bonds. The van der Waals surface area contributed by atoms with Gasteiger partial charge in [0.05, 0.1) is 36.4 Å². The number of hydrogen-bond acceptors (Lipinski definition) is 8. The summed E-state index contributed by atoms with van der Waals surface area (Å²) < 4.78 is 12.2. The number of aromatic nitrogens is 2. The highest BCUT2D eigenvalue weighted by atomic mass is 32.1. The minimum Gasteiger partial charge on any atom is -0.374 e. The SMILES string of the molecule is Cc1cc2c(cc1N1c3cc(N(c4ccccc4)c4cccc(-c5cccc6c5sc5c7cccc8c7n(c65)B5c6c-8cc(N(c7ccccc7)c7ccccc7)cc6N(c6cc7c(cc6C)C(C)(C)CCC7(C)C)c6sc7ccccc7c65)c4)cc4c3B(c3c1sc1ccccc31)n1c3sc5ccccc5c3c3cccc-4c31)C(C)(C)CCC2(C)C. The van der Waals surface area contributed by atoms with Crippen LogP contribution >= 0.6 is 45.3 Å². The summed E-state index contributed by atoms with van der Waals surface area (Å²) in [6, 6.07) is 113. The molecule has 0 unspecified atom stereocenters. The smallest absolute Gasteiger partial charge is 0.335 e. The van der Waals surface area contributed by atoms with Gasteiger partial charge in [0, 0.05) is 113 Å². The molecule has 586 valence electrons. The highest BCUT2D eigenvalue weighted by Gasteiger charge is 2.51. The highest BCUT2D eigenvalue weighted by Crippen LogP contribution is 2.60. The Kier molecular flexibility index (Phi) is 14.8. The molecule has 26 rings (SSSR count). The second-order valence-corrected chi connectivity index (χ2v) is 42.1. The van der Waals surface area contributed by atoms with Gasteiger partial charge in [0.2, 0.25) is 0 Å². The Labute approximate surface area is 727 Å². The molecular formula is C110H86B2N6S4. The molecule has 0 atom stereocenters. The van der Waals surface area contributed by atoms with Crippen LogP contribution in [0.15, 0.2) is 291 Å². The summed E-state index contributed by atoms with van der Waals surface area (Å²) in [6.45, 7) is 24.3. The monoisotopic (exact) mass is 1640 g/mol. The summed E-state index contributed by atoms with van der Waals surface area (Å²) >= 11 is 7.85. The molecule has 2 aliphatic carbocycles. The fraction of sp³-hybridized carbons (Fsp3) is 0.164. The third-order valence-corrected chi connectivity index (χ3v) is 34.0. The fourth-order valence-corrected chi connectivity index (χ4v) is 28.2. The molecule has 6 aliphatic rings. The number of aryl methyl sites for hydroxylation is 2. The van der Waals surface area contributed by atoms with E-state index in [1.54, 1.807) is 0 Å². The molecule has 6 nitrogen and oxygen atoms in total. The van der Waals surface area contributed by atoms with Gasteiger partial charge in [-0.05, 0) is 253 Å². The minimum atomic E-state index is -0.174. The third-order valence-electron chi connectivity index (χ3n) is 29.2. The molecule has 10 heterocycles. The topological polar surface area (TPSA) is 22.8 Å². The Morgan fingerprint density at radius 3 is 1.19 bits per heavy atom. The predicted octanol–water partition coefficient (Wildman–Crippen LogP) is 29.5. The molecule has 20 aromatic rings. The second kappa shape index (κ2) is 25.3. The van der Waals surface area contributed by atoms with Crippen molar-refractivity contribution in [2.24, 2.45) is 0 Å². The van der Waals surface area contributed by atoms with Crippen LogP contribution in [0.1, 0.15) is 114 Å². The zero-order valence-corrected chi connectivity index (χ0v) is 73.3. The van der Waals surface area contributed by atoms with Gasteiger partial charge < -0.3 is 28.6 Å². The summed E-state index contributed by atoms with van der Waals surface area (Å²) in [7, 11) is 0. The lowest BCUT2D eigenvalue weighted by Gasteiger charge is -2.44. The molecule has 0 saturated heterocycles. The van der Waals surface area contributed by atoms with Crippen molar-refractivity contribution in [3.05, 3.63) is 325 Å². The largest absolute Gasteiger partial charge is 0.374 e. The van der Waals surface area contributed by atoms with Gasteiger partial charge in [-0.2, -0.15) is 0 Å². The van der Waals surface area contributed by atoms with E-state index in [1.807, 2.05) is 45.3 Å². The van der Waals surface area contributed by atoms with Crippen molar-refractivity contribution in [1.82, 2.24) is 8.96 Å². The average Bonchev–Trinajstić information content (AvgIpc) is 1.47. The molecule has 122 heavy (non-hydrogen) atoms. The van der Waals surface area contributed by atoms with Gasteiger partial charge in [-0.15, -0.1) is 45.3 Å². The molecule has 6 aromatic heterocycles. The van der Waals surface area contributed by atoms with Crippen LogP contribution in [-0.2, 0) is 21.7 Å². The van der Waals surface area contributed by atoms with Gasteiger partial charge in [0.15, 0.2) is 0 Å². The summed E-state index contributed by atoms with van der Waals surface area (Å²) in [6.07, 6.45) is 4.58. The van der Waals surface area contributed by atoms with E-state index in [-0.39, 0.29) is 35.4 Å². The van der Waals surface area contributed by atoms with Crippen molar-refractivity contribution in [1.29, 1.82) is 0 Å². The number of anilines is 12. The summed E-state index contributed by atoms with van der Waals surface area (Å²) in [4.78, 5) is 11.9. The number of fused-ring (bicyclic) bond motifs is 24. The van der Waals surface area contributed by atoms with Crippen LogP contribution in [0.5, 0.6) is 0 Å². The van der Waals surface area contributed by atoms with Gasteiger partial charge in [-0.1, -0.05) is 243 Å². The van der Waals surface area contributed by atoms with Gasteiger partial charge in [-0.25, -0.2) is 0 Å². The first-order valence-corrected chi connectivity index (χ1v) is 46.7. The summed E-state index contributed by atoms with van der Waals surface area (Å²) in [5, 5.41) is 11.8. The van der Waals surface area contributed by atoms with Crippen molar-refractivity contribution < 1.29 is 0 Å². The van der Waals surface area contributed by atoms with E-state index in [4.69, 9.17) is 0 Å². The molecule has 0 fully saturated rings. The van der Waals surface area contributed by atoms with Crippen LogP contribution < -0.4 is 41.5 Å². The first kappa shape index (κ1) is 71.6. The second-order valence-electron chi connectivity index (χ2n) is 38.0. The predicted molar refractivity (Wildman–Crippen MR) is 530 cm³/mol. The lowest BCUT2D eigenvalue weighted by atomic mass is 9.45. The fourth-order valence-electron chi connectivity index (χ4n) is 23.1. The van der Waals surface area contributed by atoms with E-state index in [0.29, 0.717) is 0 Å². The Balaban J connectivity index is 0.700. The van der Waals surface area contributed by atoms with Gasteiger partial charge in [0.1, 0.15) is 0 Å². The third kappa shape index (κ3) is 9.78. The molecule has 0 radical (unpaired) electrons. The maximum Gasteiger partial charge on any atom is 0.335 e. The number of hydrogen-bond donors (Lipinski definition) is 0. The molecule has 0 bridgehead atoms. The minimum absolute atomic E-state index is 0.0106. The molecule has 0 N–H and O–H groups in total. The van der Waals surface area contributed by atoms with Crippen molar-refractivity contribution in [3.63, 3.8) is 0 Å². The Morgan fingerprint density at radius 1 is 0.287 bits per heavy atom. The van der Waals surface area contributed by atoms with E-state index < -0.39 is 0 Å². The van der Waals surface area contributed by atoms with Crippen molar-refractivity contribution in [3.8, 4) is 33.4 Å². The van der Waals surface area contributed by atoms with Gasteiger partial charge in [-0.3, -0.25) is 0 Å². The highest BCUT2D eigenvalue weighted by molar-refractivity contribution is 7.29. The molecule has 14 aromatic carbocycles. The Morgan fingerprint density at radius 2 is 0.680 bits per heavy atom. The van der Waals surface area contributed by atoms with Gasteiger partial charge in [0.25, 0.3) is 0 Å². The quantitative estimate of drug-likeness (QED) is 0.134. The first-order valence-electron chi connectivity index (χ1n) is 43.4. The summed E-state index contributed by atoms with van der Waals surface area (Å²) in [5.74, 6) is 0. The number of para-hydroxylation sites is 5. The number of benzene rings is 14. The molecular weight excluding hydrogens is 1560 g/mol. The number of rotatable bonds is 9. The zero-order chi connectivity index (χ0) is 81.6. The molecule has 4 aliphatic heterocycles. The normalized spacial score (nSPS) is 15.9. The maximum absolute atomic E-state index is 2.84. The van der Waals surface area contributed by atoms with Crippen molar-refractivity contribution in [2.45, 2.75) is 117 Å². The van der Waals surface area contributed by atoms with Crippen LogP contribution in [-0.4, -0.2) is 22.7 Å². The van der Waals surface area contributed by atoms with Crippen LogP contribution in [0, 0.1) is 13.8 Å². The van der Waals surface area contributed by atoms with Crippen LogP contribution in [0.4, 0.5) is 66.9 Å². The van der Waals surface area contributed by atoms with E-state index in [1.165, 1.54) is 204 Å². The van der Waals surface area contributed by atoms with E-state index >= 15 is 0 Å². The van der Waals surface area contributed by atoms with E-state index in [0.717, 1.165) is 59.8 Å². The number of thiophene rings is 4. The lowest BCUT2D eigenvalue weighted by molar-refractivity contribution is 0.332. The van der Waals surface area contributed by atoms with Crippen molar-refractivity contribution >= 4 is 230 Å². The first-order chi connectivity index (χ1) is 59.3. The lowest BCUT2D eigenvalue weighted by Crippen LogP contribution is -2.56. The summed E-state index contributed by atoms with van der Waals surface area (Å²) in [5.41, 5.74) is 37.0. The van der Waals surface area contributed by atoms with Crippen LogP contribution in [0.2, 0.25) is 0 Å². The Hall–Kier alpha value is -12.2. The van der Waals surface area contributed by atoms with Crippen LogP contribution in [0.3, 0.4) is 0 Å². The standard InChI is InChI=1S/C110H86B2N6S4/c1-63-54-83-85(109(7,8)52-50-107(83,3)4)61-87(63)115-89-59-70(113(66-31-14-11-15-32-66)67-33-16-12-17-34-67)57-82-74-43-29-45-79-100(74)117(111(95(82)89)97-76-39-21-24-48-92(76)120-105(97)115)101-80-46-27-41-72(102(80)122-103(79)101)65-30-26-37-69(56-65)114(68-35-18-13-19-36-68)71-58-81-73-42-28-44-78-94-75-38-20-23-47-91(75)119-104(94)118(99(73)78)112-96(81)90(60-71)116(106-98(112)77-40-22-25-49-93(77)121-106)88-62-86-84(55-64(88)2)108(5,6)51-53-110(86,9)10/h11-49,54-62H,50-53H2,1-10H3. The van der Waals surface area contributed by atoms with Crippen molar-refractivity contribution in [2.75, 3.05) is 19.6 Å². The molecule has 0 saturated carbocycles. The number of nitrogens with zero attached hydrogens (tertiary/aromatic N) is 6. The van der Waals surface area contributed by atoms with E-state index in [2.05, 4.69) is 389 Å². The maximum atomic E-state index is 2.84. The molecule has 0 spiro atoms. The zero-order valence-electron chi connectivity index (χ0n) is 70.0. The van der Waals surface area contributed by atoms with Gasteiger partial charge >= 0.3 is 13.7 Å². The average molecular weight is 1640 g/mol. The Bertz CT molecular complexity index is 7950. The van der Waals surface area contributed by atoms with E-state index in [9.17, 15) is 0 Å².